The lowest BCUT2D eigenvalue weighted by Crippen LogP contribution is -2.49. The summed E-state index contributed by atoms with van der Waals surface area (Å²) in [6.45, 7) is 0.396. The molecular weight excluding hydrogens is 366 g/mol. The molecule has 2 heterocycles. The van der Waals surface area contributed by atoms with Crippen molar-refractivity contribution in [1.29, 1.82) is 0 Å². The van der Waals surface area contributed by atoms with Crippen LogP contribution in [0, 0.1) is 0 Å². The fourth-order valence-electron chi connectivity index (χ4n) is 3.90. The van der Waals surface area contributed by atoms with Crippen LogP contribution in [-0.4, -0.2) is 37.7 Å². The molecule has 1 unspecified atom stereocenters. The van der Waals surface area contributed by atoms with Gasteiger partial charge in [0.25, 0.3) is 0 Å². The van der Waals surface area contributed by atoms with Crippen molar-refractivity contribution in [3.63, 3.8) is 0 Å². The Kier molecular flexibility index (Phi) is 5.11. The van der Waals surface area contributed by atoms with Gasteiger partial charge in [-0.25, -0.2) is 4.68 Å². The molecule has 142 valence electrons. The second-order valence-corrected chi connectivity index (χ2v) is 7.64. The molecule has 0 bridgehead atoms. The number of hydrogen-bond acceptors (Lipinski definition) is 4. The molecule has 0 radical (unpaired) electrons. The summed E-state index contributed by atoms with van der Waals surface area (Å²) in [5, 5.41) is 11.6. The number of hydrogen-bond donors (Lipinski definition) is 1. The summed E-state index contributed by atoms with van der Waals surface area (Å²) in [5.74, 6) is -0.287. The van der Waals surface area contributed by atoms with Gasteiger partial charge < -0.3 is 10.2 Å². The average molecular weight is 388 g/mol. The number of amides is 2. The minimum atomic E-state index is -0.694. The van der Waals surface area contributed by atoms with Gasteiger partial charge in [-0.05, 0) is 30.5 Å². The Morgan fingerprint density at radius 2 is 1.89 bits per heavy atom. The molecule has 1 fully saturated rings. The van der Waals surface area contributed by atoms with Crippen LogP contribution in [0.5, 0.6) is 0 Å². The molecule has 2 amide bonds. The molecule has 27 heavy (non-hydrogen) atoms. The lowest BCUT2D eigenvalue weighted by molar-refractivity contribution is -0.144. The fourth-order valence-corrected chi connectivity index (χ4v) is 4.02. The second kappa shape index (κ2) is 7.68. The first-order chi connectivity index (χ1) is 13.1. The van der Waals surface area contributed by atoms with Crippen molar-refractivity contribution in [1.82, 2.24) is 25.2 Å². The van der Waals surface area contributed by atoms with E-state index < -0.39 is 6.04 Å². The first-order valence-electron chi connectivity index (χ1n) is 9.34. The number of aromatic nitrogens is 3. The van der Waals surface area contributed by atoms with Gasteiger partial charge in [-0.1, -0.05) is 48.2 Å². The molecule has 8 heteroatoms. The molecule has 0 saturated heterocycles. The maximum Gasteiger partial charge on any atom is 0.247 e. The highest BCUT2D eigenvalue weighted by atomic mass is 35.5. The maximum absolute atomic E-state index is 13.2. The number of carbonyl (C=O) groups is 2. The average Bonchev–Trinajstić information content (AvgIpc) is 3.11. The van der Waals surface area contributed by atoms with Crippen LogP contribution in [0.1, 0.15) is 49.4 Å². The Morgan fingerprint density at radius 3 is 2.63 bits per heavy atom. The van der Waals surface area contributed by atoms with Crippen LogP contribution in [0.3, 0.4) is 0 Å². The Morgan fingerprint density at radius 1 is 1.15 bits per heavy atom. The Bertz CT molecular complexity index is 829. The number of carbonyl (C=O) groups excluding carboxylic acids is 2. The molecule has 1 aliphatic carbocycles. The van der Waals surface area contributed by atoms with E-state index in [9.17, 15) is 9.59 Å². The number of fused-ring (bicyclic) bond motifs is 1. The summed E-state index contributed by atoms with van der Waals surface area (Å²) in [6, 6.07) is 6.60. The maximum atomic E-state index is 13.2. The molecule has 2 aromatic rings. The van der Waals surface area contributed by atoms with E-state index in [0.717, 1.165) is 36.9 Å². The molecule has 2 aliphatic rings. The molecule has 1 saturated carbocycles. The smallest absolute Gasteiger partial charge is 0.247 e. The Labute approximate surface area is 162 Å². The highest BCUT2D eigenvalue weighted by Gasteiger charge is 2.36. The number of nitrogens with zero attached hydrogens (tertiary/aromatic N) is 4. The van der Waals surface area contributed by atoms with Gasteiger partial charge in [0.05, 0.1) is 18.4 Å². The van der Waals surface area contributed by atoms with E-state index in [0.29, 0.717) is 11.6 Å². The third-order valence-corrected chi connectivity index (χ3v) is 5.58. The van der Waals surface area contributed by atoms with Gasteiger partial charge >= 0.3 is 0 Å². The first-order valence-corrected chi connectivity index (χ1v) is 9.72. The van der Waals surface area contributed by atoms with Gasteiger partial charge in [0.2, 0.25) is 11.8 Å². The monoisotopic (exact) mass is 387 g/mol. The molecule has 7 nitrogen and oxygen atoms in total. The summed E-state index contributed by atoms with van der Waals surface area (Å²) in [5.41, 5.74) is 1.57. The van der Waals surface area contributed by atoms with Crippen LogP contribution in [0.2, 0.25) is 5.02 Å². The number of benzene rings is 1. The summed E-state index contributed by atoms with van der Waals surface area (Å²) in [7, 11) is 0. The number of halogens is 1. The number of rotatable bonds is 4. The topological polar surface area (TPSA) is 80.1 Å². The van der Waals surface area contributed by atoms with Crippen molar-refractivity contribution in [2.75, 3.05) is 0 Å². The third kappa shape index (κ3) is 3.83. The van der Waals surface area contributed by atoms with E-state index in [1.807, 2.05) is 12.1 Å². The van der Waals surface area contributed by atoms with Gasteiger partial charge in [0.1, 0.15) is 12.6 Å². The van der Waals surface area contributed by atoms with Crippen molar-refractivity contribution >= 4 is 23.4 Å². The Hall–Kier alpha value is -2.41. The highest BCUT2D eigenvalue weighted by molar-refractivity contribution is 6.30. The van der Waals surface area contributed by atoms with Crippen LogP contribution in [0.4, 0.5) is 0 Å². The summed E-state index contributed by atoms with van der Waals surface area (Å²) < 4.78 is 1.58. The first kappa shape index (κ1) is 18.0. The van der Waals surface area contributed by atoms with Gasteiger partial charge in [0, 0.05) is 11.1 Å². The van der Waals surface area contributed by atoms with Crippen molar-refractivity contribution in [3.05, 3.63) is 46.7 Å². The minimum Gasteiger partial charge on any atom is -0.351 e. The van der Waals surface area contributed by atoms with E-state index in [1.54, 1.807) is 27.9 Å². The van der Waals surface area contributed by atoms with Crippen molar-refractivity contribution in [3.8, 4) is 0 Å². The van der Waals surface area contributed by atoms with Crippen molar-refractivity contribution < 1.29 is 9.59 Å². The van der Waals surface area contributed by atoms with Crippen LogP contribution in [0.25, 0.3) is 0 Å². The predicted molar refractivity (Wildman–Crippen MR) is 99.8 cm³/mol. The lowest BCUT2D eigenvalue weighted by Gasteiger charge is -2.35. The van der Waals surface area contributed by atoms with Crippen LogP contribution in [0.15, 0.2) is 30.5 Å². The molecule has 4 rings (SSSR count). The Balaban J connectivity index is 1.62. The summed E-state index contributed by atoms with van der Waals surface area (Å²) >= 11 is 6.02. The van der Waals surface area contributed by atoms with Gasteiger partial charge in [0.15, 0.2) is 0 Å². The zero-order valence-electron chi connectivity index (χ0n) is 15.0. The molecule has 0 spiro atoms. The summed E-state index contributed by atoms with van der Waals surface area (Å²) in [6.07, 6.45) is 7.09. The third-order valence-electron chi connectivity index (χ3n) is 5.33. The fraction of sp³-hybridized carbons (Fsp3) is 0.474. The zero-order valence-corrected chi connectivity index (χ0v) is 15.7. The van der Waals surface area contributed by atoms with E-state index >= 15 is 0 Å². The molecule has 1 aliphatic heterocycles. The van der Waals surface area contributed by atoms with Gasteiger partial charge in [-0.2, -0.15) is 0 Å². The van der Waals surface area contributed by atoms with Crippen molar-refractivity contribution in [2.24, 2.45) is 0 Å². The zero-order chi connectivity index (χ0) is 18.8. The molecule has 1 atom stereocenters. The van der Waals surface area contributed by atoms with E-state index in [4.69, 9.17) is 11.6 Å². The second-order valence-electron chi connectivity index (χ2n) is 7.20. The van der Waals surface area contributed by atoms with Crippen LogP contribution < -0.4 is 5.32 Å². The minimum absolute atomic E-state index is 0.0934. The lowest BCUT2D eigenvalue weighted by atomic mass is 9.94. The quantitative estimate of drug-likeness (QED) is 0.873. The largest absolute Gasteiger partial charge is 0.351 e. The highest BCUT2D eigenvalue weighted by Crippen LogP contribution is 2.28. The standard InChI is InChI=1S/C19H22ClN5O2/c20-14-8-6-13(7-9-14)18(19(27)22-15-4-2-1-3-5-15)24-11-16-10-21-23-25(16)12-17(24)26/h6-10,15,18H,1-5,11-12H2,(H,22,27). The molecular formula is C19H22ClN5O2. The van der Waals surface area contributed by atoms with Gasteiger partial charge in [-0.15, -0.1) is 5.10 Å². The normalized spacial score (nSPS) is 18.9. The predicted octanol–water partition coefficient (Wildman–Crippen LogP) is 2.46. The SMILES string of the molecule is O=C(NC1CCCCC1)C(c1ccc(Cl)cc1)N1Cc2cnnn2CC1=O. The summed E-state index contributed by atoms with van der Waals surface area (Å²) in [4.78, 5) is 27.6. The molecule has 1 aromatic heterocycles. The molecule has 1 N–H and O–H groups in total. The van der Waals surface area contributed by atoms with Gasteiger partial charge in [-0.3, -0.25) is 9.59 Å². The molecule has 1 aromatic carbocycles. The van der Waals surface area contributed by atoms with E-state index in [-0.39, 0.29) is 24.4 Å². The van der Waals surface area contributed by atoms with Crippen molar-refractivity contribution in [2.45, 2.75) is 57.3 Å². The van der Waals surface area contributed by atoms with Crippen LogP contribution >= 0.6 is 11.6 Å². The van der Waals surface area contributed by atoms with Crippen LogP contribution in [-0.2, 0) is 22.7 Å². The van der Waals surface area contributed by atoms with E-state index in [2.05, 4.69) is 15.6 Å². The number of nitrogens with one attached hydrogen (secondary N) is 1. The van der Waals surface area contributed by atoms with E-state index in [1.165, 1.54) is 6.42 Å².